The van der Waals surface area contributed by atoms with E-state index in [1.54, 1.807) is 19.5 Å². The quantitative estimate of drug-likeness (QED) is 0.726. The number of aromatic nitrogens is 2. The maximum Gasteiger partial charge on any atom is 0.259 e. The Morgan fingerprint density at radius 3 is 2.90 bits per heavy atom. The van der Waals surface area contributed by atoms with Crippen LogP contribution in [-0.2, 0) is 20.9 Å². The molecule has 0 fully saturated rings. The van der Waals surface area contributed by atoms with Gasteiger partial charge in [0.15, 0.2) is 0 Å². The Kier molecular flexibility index (Phi) is 4.40. The number of imide groups is 1. The Labute approximate surface area is 174 Å². The summed E-state index contributed by atoms with van der Waals surface area (Å²) in [5, 5.41) is 4.55. The number of anilines is 1. The van der Waals surface area contributed by atoms with E-state index in [0.29, 0.717) is 18.7 Å². The third kappa shape index (κ3) is 2.74. The lowest BCUT2D eigenvalue weighted by atomic mass is 9.85. The summed E-state index contributed by atoms with van der Waals surface area (Å²) in [4.78, 5) is 31.0. The molecule has 0 radical (unpaired) electrons. The van der Waals surface area contributed by atoms with Crippen LogP contribution in [0.3, 0.4) is 0 Å². The fourth-order valence-corrected chi connectivity index (χ4v) is 4.54. The summed E-state index contributed by atoms with van der Waals surface area (Å²) in [6.45, 7) is 2.97. The van der Waals surface area contributed by atoms with Gasteiger partial charge in [-0.15, -0.1) is 0 Å². The topological polar surface area (TPSA) is 76.5 Å². The summed E-state index contributed by atoms with van der Waals surface area (Å²) < 4.78 is 7.46. The van der Waals surface area contributed by atoms with E-state index in [-0.39, 0.29) is 24.3 Å². The molecule has 1 aromatic carbocycles. The maximum absolute atomic E-state index is 13.3. The fourth-order valence-electron chi connectivity index (χ4n) is 4.54. The lowest BCUT2D eigenvalue weighted by Gasteiger charge is -2.19. The lowest BCUT2D eigenvalue weighted by molar-refractivity contribution is -0.139. The van der Waals surface area contributed by atoms with Gasteiger partial charge >= 0.3 is 0 Å². The van der Waals surface area contributed by atoms with Gasteiger partial charge in [-0.1, -0.05) is 12.1 Å². The molecule has 5 rings (SSSR count). The molecule has 2 aliphatic rings. The van der Waals surface area contributed by atoms with Crippen LogP contribution in [0.5, 0.6) is 0 Å². The van der Waals surface area contributed by atoms with Crippen molar-refractivity contribution in [1.82, 2.24) is 14.5 Å². The summed E-state index contributed by atoms with van der Waals surface area (Å²) >= 11 is 0. The second-order valence-electron chi connectivity index (χ2n) is 7.62. The number of hydrogen-bond donors (Lipinski definition) is 1. The Morgan fingerprint density at radius 2 is 2.17 bits per heavy atom. The molecule has 2 amide bonds. The Hall–Kier alpha value is -3.45. The molecule has 0 aliphatic carbocycles. The van der Waals surface area contributed by atoms with Crippen LogP contribution >= 0.6 is 0 Å². The van der Waals surface area contributed by atoms with Crippen LogP contribution < -0.4 is 5.32 Å². The van der Waals surface area contributed by atoms with Crippen molar-refractivity contribution in [3.63, 3.8) is 0 Å². The highest BCUT2D eigenvalue weighted by Gasteiger charge is 2.41. The van der Waals surface area contributed by atoms with Crippen LogP contribution in [0.4, 0.5) is 5.69 Å². The predicted octanol–water partition coefficient (Wildman–Crippen LogP) is 2.88. The smallest absolute Gasteiger partial charge is 0.259 e. The minimum absolute atomic E-state index is 0.246. The molecule has 0 spiro atoms. The lowest BCUT2D eigenvalue weighted by Crippen LogP contribution is -2.33. The number of nitrogens with zero attached hydrogens (tertiary/aromatic N) is 3. The van der Waals surface area contributed by atoms with E-state index in [9.17, 15) is 9.59 Å². The predicted molar refractivity (Wildman–Crippen MR) is 113 cm³/mol. The van der Waals surface area contributed by atoms with Crippen molar-refractivity contribution in [2.75, 3.05) is 25.6 Å². The normalized spacial score (nSPS) is 17.9. The fraction of sp³-hybridized carbons (Fsp3) is 0.261. The third-order valence-corrected chi connectivity index (χ3v) is 5.87. The molecular formula is C23H22N4O3. The highest BCUT2D eigenvalue weighted by Crippen LogP contribution is 2.46. The van der Waals surface area contributed by atoms with Crippen molar-refractivity contribution in [3.05, 3.63) is 71.3 Å². The van der Waals surface area contributed by atoms with Gasteiger partial charge in [0.05, 0.1) is 24.2 Å². The standard InChI is InChI=1S/C23H22N4O3/c1-14(28)27-13-18-22(23(27)29)20(15-5-4-8-24-11-15)16-12-26(9-10-30-2)19-7-3-6-17(25-18)21(16)19/h3-8,11-12,20,25H,9-10,13H2,1-2H3. The molecule has 2 aliphatic heterocycles. The van der Waals surface area contributed by atoms with Crippen molar-refractivity contribution in [3.8, 4) is 0 Å². The number of pyridine rings is 1. The molecule has 152 valence electrons. The minimum Gasteiger partial charge on any atom is -0.383 e. The summed E-state index contributed by atoms with van der Waals surface area (Å²) in [6.07, 6.45) is 5.62. The SMILES string of the molecule is COCCn1cc2c3c(cccc31)NC1=C(C(=O)N(C(C)=O)C1)C2c1cccnc1. The molecule has 7 heteroatoms. The van der Waals surface area contributed by atoms with Gasteiger partial charge in [-0.3, -0.25) is 19.5 Å². The van der Waals surface area contributed by atoms with Gasteiger partial charge in [-0.2, -0.15) is 0 Å². The van der Waals surface area contributed by atoms with Crippen LogP contribution in [0, 0.1) is 0 Å². The molecule has 0 saturated carbocycles. The van der Waals surface area contributed by atoms with Gasteiger partial charge in [0, 0.05) is 61.9 Å². The van der Waals surface area contributed by atoms with Crippen molar-refractivity contribution in [2.45, 2.75) is 19.4 Å². The van der Waals surface area contributed by atoms with E-state index < -0.39 is 0 Å². The van der Waals surface area contributed by atoms with Crippen LogP contribution in [-0.4, -0.2) is 46.5 Å². The van der Waals surface area contributed by atoms with E-state index >= 15 is 0 Å². The number of rotatable bonds is 4. The number of carbonyl (C=O) groups excluding carboxylic acids is 2. The largest absolute Gasteiger partial charge is 0.383 e. The van der Waals surface area contributed by atoms with E-state index in [1.807, 2.05) is 24.3 Å². The van der Waals surface area contributed by atoms with Crippen LogP contribution in [0.25, 0.3) is 10.9 Å². The number of amides is 2. The zero-order valence-corrected chi connectivity index (χ0v) is 16.9. The number of hydrogen-bond acceptors (Lipinski definition) is 5. The zero-order chi connectivity index (χ0) is 20.8. The van der Waals surface area contributed by atoms with E-state index in [2.05, 4.69) is 27.1 Å². The maximum atomic E-state index is 13.3. The summed E-state index contributed by atoms with van der Waals surface area (Å²) in [7, 11) is 1.69. The van der Waals surface area contributed by atoms with Crippen LogP contribution in [0.15, 0.2) is 60.2 Å². The Morgan fingerprint density at radius 1 is 1.30 bits per heavy atom. The van der Waals surface area contributed by atoms with Crippen LogP contribution in [0.2, 0.25) is 0 Å². The van der Waals surface area contributed by atoms with Gasteiger partial charge < -0.3 is 14.6 Å². The Bertz CT molecular complexity index is 1200. The first-order chi connectivity index (χ1) is 14.6. The first-order valence-corrected chi connectivity index (χ1v) is 9.93. The molecule has 1 N–H and O–H groups in total. The summed E-state index contributed by atoms with van der Waals surface area (Å²) in [6, 6.07) is 9.96. The second-order valence-corrected chi connectivity index (χ2v) is 7.62. The highest BCUT2D eigenvalue weighted by atomic mass is 16.5. The van der Waals surface area contributed by atoms with E-state index in [1.165, 1.54) is 11.8 Å². The van der Waals surface area contributed by atoms with Crippen molar-refractivity contribution >= 4 is 28.4 Å². The third-order valence-electron chi connectivity index (χ3n) is 5.87. The van der Waals surface area contributed by atoms with Gasteiger partial charge in [-0.05, 0) is 29.3 Å². The molecule has 3 aromatic rings. The molecular weight excluding hydrogens is 380 g/mol. The number of carbonyl (C=O) groups is 2. The van der Waals surface area contributed by atoms with Crippen molar-refractivity contribution < 1.29 is 14.3 Å². The number of methoxy groups -OCH3 is 1. The monoisotopic (exact) mass is 402 g/mol. The number of benzene rings is 1. The zero-order valence-electron chi connectivity index (χ0n) is 16.9. The van der Waals surface area contributed by atoms with E-state index in [4.69, 9.17) is 4.74 Å². The molecule has 4 heterocycles. The van der Waals surface area contributed by atoms with Gasteiger partial charge in [0.25, 0.3) is 5.91 Å². The molecule has 1 atom stereocenters. The van der Waals surface area contributed by atoms with Gasteiger partial charge in [-0.25, -0.2) is 0 Å². The number of ether oxygens (including phenoxy) is 1. The van der Waals surface area contributed by atoms with Crippen molar-refractivity contribution in [1.29, 1.82) is 0 Å². The number of nitrogens with one attached hydrogen (secondary N) is 1. The second kappa shape index (κ2) is 7.11. The first kappa shape index (κ1) is 18.6. The summed E-state index contributed by atoms with van der Waals surface area (Å²) in [5.41, 5.74) is 5.36. The molecule has 0 bridgehead atoms. The minimum atomic E-state index is -0.312. The Balaban J connectivity index is 1.77. The molecule has 1 unspecified atom stereocenters. The van der Waals surface area contributed by atoms with Gasteiger partial charge in [0.2, 0.25) is 5.91 Å². The van der Waals surface area contributed by atoms with Gasteiger partial charge in [0.1, 0.15) is 0 Å². The average Bonchev–Trinajstić information content (AvgIpc) is 3.23. The highest BCUT2D eigenvalue weighted by molar-refractivity contribution is 6.11. The first-order valence-electron chi connectivity index (χ1n) is 9.93. The molecule has 30 heavy (non-hydrogen) atoms. The van der Waals surface area contributed by atoms with E-state index in [0.717, 1.165) is 33.4 Å². The van der Waals surface area contributed by atoms with Crippen molar-refractivity contribution in [2.24, 2.45) is 0 Å². The molecule has 0 saturated heterocycles. The summed E-state index contributed by atoms with van der Waals surface area (Å²) in [5.74, 6) is -0.812. The molecule has 2 aromatic heterocycles. The molecule has 7 nitrogen and oxygen atoms in total. The average molecular weight is 402 g/mol. The van der Waals surface area contributed by atoms with Crippen LogP contribution in [0.1, 0.15) is 24.0 Å².